The quantitative estimate of drug-likeness (QED) is 0.857. The van der Waals surface area contributed by atoms with Gasteiger partial charge in [-0.1, -0.05) is 48.5 Å². The first-order valence-electron chi connectivity index (χ1n) is 6.83. The van der Waals surface area contributed by atoms with Gasteiger partial charge in [0.2, 0.25) is 5.91 Å². The van der Waals surface area contributed by atoms with Crippen LogP contribution < -0.4 is 5.32 Å². The minimum atomic E-state index is -0.0841. The first-order valence-corrected chi connectivity index (χ1v) is 7.59. The number of carbonyl (C=O) groups excluding carboxylic acids is 1. The predicted molar refractivity (Wildman–Crippen MR) is 79.6 cm³/mol. The second kappa shape index (κ2) is 6.62. The molecule has 1 aromatic rings. The second-order valence-electron chi connectivity index (χ2n) is 5.23. The molecule has 1 aromatic carbocycles. The van der Waals surface area contributed by atoms with E-state index in [9.17, 15) is 4.79 Å². The SMILES string of the molecule is CC(NC(=O)C1CCCCC1)c1ccc(Cl)cc1Cl. The molecule has 1 N–H and O–H groups in total. The van der Waals surface area contributed by atoms with Gasteiger partial charge < -0.3 is 5.32 Å². The van der Waals surface area contributed by atoms with Crippen molar-refractivity contribution in [3.05, 3.63) is 33.8 Å². The number of nitrogens with one attached hydrogen (secondary N) is 1. The summed E-state index contributed by atoms with van der Waals surface area (Å²) in [5, 5.41) is 4.27. The number of benzene rings is 1. The van der Waals surface area contributed by atoms with Gasteiger partial charge in [0.05, 0.1) is 6.04 Å². The fourth-order valence-corrected chi connectivity index (χ4v) is 3.20. The predicted octanol–water partition coefficient (Wildman–Crippen LogP) is 4.75. The monoisotopic (exact) mass is 299 g/mol. The van der Waals surface area contributed by atoms with Crippen LogP contribution in [0.1, 0.15) is 50.6 Å². The molecule has 0 radical (unpaired) electrons. The summed E-state index contributed by atoms with van der Waals surface area (Å²) in [5.41, 5.74) is 0.912. The Kier molecular flexibility index (Phi) is 5.12. The van der Waals surface area contributed by atoms with Crippen LogP contribution in [-0.4, -0.2) is 5.91 Å². The summed E-state index contributed by atoms with van der Waals surface area (Å²) in [6.45, 7) is 1.95. The molecule has 0 spiro atoms. The average molecular weight is 300 g/mol. The van der Waals surface area contributed by atoms with Gasteiger partial charge in [0.25, 0.3) is 0 Å². The number of hydrogen-bond acceptors (Lipinski definition) is 1. The van der Waals surface area contributed by atoms with Crippen molar-refractivity contribution >= 4 is 29.1 Å². The summed E-state index contributed by atoms with van der Waals surface area (Å²) in [5.74, 6) is 0.320. The molecule has 1 unspecified atom stereocenters. The van der Waals surface area contributed by atoms with E-state index in [-0.39, 0.29) is 17.9 Å². The number of amides is 1. The summed E-state index contributed by atoms with van der Waals surface area (Å²) in [4.78, 5) is 12.2. The summed E-state index contributed by atoms with van der Waals surface area (Å²) in [6, 6.07) is 5.30. The molecule has 0 heterocycles. The van der Waals surface area contributed by atoms with Crippen molar-refractivity contribution < 1.29 is 4.79 Å². The molecule has 2 rings (SSSR count). The fraction of sp³-hybridized carbons (Fsp3) is 0.533. The van der Waals surface area contributed by atoms with Crippen molar-refractivity contribution in [1.82, 2.24) is 5.32 Å². The first kappa shape index (κ1) is 14.7. The molecule has 1 aliphatic carbocycles. The average Bonchev–Trinajstić information content (AvgIpc) is 2.39. The Hall–Kier alpha value is -0.730. The number of rotatable bonds is 3. The maximum absolute atomic E-state index is 12.2. The van der Waals surface area contributed by atoms with E-state index in [1.807, 2.05) is 13.0 Å². The summed E-state index contributed by atoms with van der Waals surface area (Å²) in [7, 11) is 0. The van der Waals surface area contributed by atoms with Gasteiger partial charge in [-0.25, -0.2) is 0 Å². The molecule has 1 saturated carbocycles. The highest BCUT2D eigenvalue weighted by Gasteiger charge is 2.23. The molecule has 1 aliphatic rings. The molecule has 104 valence electrons. The molecule has 1 amide bonds. The third-order valence-electron chi connectivity index (χ3n) is 3.76. The zero-order valence-electron chi connectivity index (χ0n) is 11.1. The van der Waals surface area contributed by atoms with Crippen LogP contribution in [0.3, 0.4) is 0 Å². The molecule has 4 heteroatoms. The van der Waals surface area contributed by atoms with Crippen LogP contribution in [0.4, 0.5) is 0 Å². The van der Waals surface area contributed by atoms with Crippen LogP contribution in [-0.2, 0) is 4.79 Å². The molecule has 0 aliphatic heterocycles. The number of halogens is 2. The van der Waals surface area contributed by atoms with E-state index in [4.69, 9.17) is 23.2 Å². The summed E-state index contributed by atoms with van der Waals surface area (Å²) in [6.07, 6.45) is 5.59. The Balaban J connectivity index is 1.99. The van der Waals surface area contributed by atoms with E-state index in [1.54, 1.807) is 12.1 Å². The summed E-state index contributed by atoms with van der Waals surface area (Å²) >= 11 is 12.0. The van der Waals surface area contributed by atoms with E-state index in [0.29, 0.717) is 10.0 Å². The zero-order valence-corrected chi connectivity index (χ0v) is 12.6. The Morgan fingerprint density at radius 2 is 1.95 bits per heavy atom. The molecule has 0 bridgehead atoms. The lowest BCUT2D eigenvalue weighted by Crippen LogP contribution is -2.33. The van der Waals surface area contributed by atoms with Crippen LogP contribution in [0.5, 0.6) is 0 Å². The number of hydrogen-bond donors (Lipinski definition) is 1. The van der Waals surface area contributed by atoms with Gasteiger partial charge in [-0.15, -0.1) is 0 Å². The van der Waals surface area contributed by atoms with Gasteiger partial charge in [0.1, 0.15) is 0 Å². The second-order valence-corrected chi connectivity index (χ2v) is 6.07. The Morgan fingerprint density at radius 1 is 1.26 bits per heavy atom. The third-order valence-corrected chi connectivity index (χ3v) is 4.33. The van der Waals surface area contributed by atoms with E-state index in [2.05, 4.69) is 5.32 Å². The van der Waals surface area contributed by atoms with Gasteiger partial charge >= 0.3 is 0 Å². The van der Waals surface area contributed by atoms with E-state index in [1.165, 1.54) is 6.42 Å². The van der Waals surface area contributed by atoms with Crippen LogP contribution in [0, 0.1) is 5.92 Å². The zero-order chi connectivity index (χ0) is 13.8. The topological polar surface area (TPSA) is 29.1 Å². The molecular weight excluding hydrogens is 281 g/mol. The minimum Gasteiger partial charge on any atom is -0.349 e. The molecule has 2 nitrogen and oxygen atoms in total. The van der Waals surface area contributed by atoms with Gasteiger partial charge in [0, 0.05) is 16.0 Å². The van der Waals surface area contributed by atoms with Gasteiger partial charge in [-0.05, 0) is 37.5 Å². The molecule has 0 aromatic heterocycles. The minimum absolute atomic E-state index is 0.0841. The maximum atomic E-state index is 12.2. The van der Waals surface area contributed by atoms with Crippen molar-refractivity contribution in [2.24, 2.45) is 5.92 Å². The van der Waals surface area contributed by atoms with Gasteiger partial charge in [-0.2, -0.15) is 0 Å². The Labute approximate surface area is 124 Å². The smallest absolute Gasteiger partial charge is 0.223 e. The largest absolute Gasteiger partial charge is 0.349 e. The van der Waals surface area contributed by atoms with Gasteiger partial charge in [0.15, 0.2) is 0 Å². The van der Waals surface area contributed by atoms with E-state index < -0.39 is 0 Å². The number of carbonyl (C=O) groups is 1. The fourth-order valence-electron chi connectivity index (χ4n) is 2.63. The lowest BCUT2D eigenvalue weighted by molar-refractivity contribution is -0.126. The van der Waals surface area contributed by atoms with Crippen molar-refractivity contribution in [1.29, 1.82) is 0 Å². The lowest BCUT2D eigenvalue weighted by Gasteiger charge is -2.23. The first-order chi connectivity index (χ1) is 9.08. The Morgan fingerprint density at radius 3 is 2.58 bits per heavy atom. The molecule has 19 heavy (non-hydrogen) atoms. The summed E-state index contributed by atoms with van der Waals surface area (Å²) < 4.78 is 0. The molecule has 1 fully saturated rings. The van der Waals surface area contributed by atoms with Crippen LogP contribution in [0.2, 0.25) is 10.0 Å². The van der Waals surface area contributed by atoms with Crippen LogP contribution >= 0.6 is 23.2 Å². The van der Waals surface area contributed by atoms with Gasteiger partial charge in [-0.3, -0.25) is 4.79 Å². The van der Waals surface area contributed by atoms with E-state index in [0.717, 1.165) is 31.2 Å². The van der Waals surface area contributed by atoms with Crippen molar-refractivity contribution in [3.8, 4) is 0 Å². The van der Waals surface area contributed by atoms with Crippen molar-refractivity contribution in [2.75, 3.05) is 0 Å². The van der Waals surface area contributed by atoms with E-state index >= 15 is 0 Å². The molecular formula is C15H19Cl2NO. The van der Waals surface area contributed by atoms with Crippen molar-refractivity contribution in [2.45, 2.75) is 45.1 Å². The lowest BCUT2D eigenvalue weighted by atomic mass is 9.88. The maximum Gasteiger partial charge on any atom is 0.223 e. The highest BCUT2D eigenvalue weighted by atomic mass is 35.5. The van der Waals surface area contributed by atoms with Crippen molar-refractivity contribution in [3.63, 3.8) is 0 Å². The highest BCUT2D eigenvalue weighted by Crippen LogP contribution is 2.28. The Bertz CT molecular complexity index is 455. The molecule has 0 saturated heterocycles. The highest BCUT2D eigenvalue weighted by molar-refractivity contribution is 6.35. The van der Waals surface area contributed by atoms with Crippen LogP contribution in [0.25, 0.3) is 0 Å². The normalized spacial score (nSPS) is 18.1. The standard InChI is InChI=1S/C15H19Cl2NO/c1-10(13-8-7-12(16)9-14(13)17)18-15(19)11-5-3-2-4-6-11/h7-11H,2-6H2,1H3,(H,18,19). The third kappa shape index (κ3) is 3.87. The van der Waals surface area contributed by atoms with Crippen LogP contribution in [0.15, 0.2) is 18.2 Å². The molecule has 1 atom stereocenters.